The number of sulfonamides is 1. The Labute approximate surface area is 201 Å². The van der Waals surface area contributed by atoms with Gasteiger partial charge in [-0.1, -0.05) is 19.1 Å². The Kier molecular flexibility index (Phi) is 9.73. The normalized spacial score (nSPS) is 11.9. The molecule has 0 saturated carbocycles. The molecule has 2 aromatic rings. The molecule has 9 nitrogen and oxygen atoms in total. The van der Waals surface area contributed by atoms with Crippen LogP contribution in [0.3, 0.4) is 0 Å². The van der Waals surface area contributed by atoms with Crippen LogP contribution in [0.4, 0.5) is 5.69 Å². The Morgan fingerprint density at radius 3 is 2.06 bits per heavy atom. The second-order valence-corrected chi connectivity index (χ2v) is 9.51. The predicted molar refractivity (Wildman–Crippen MR) is 131 cm³/mol. The highest BCUT2D eigenvalue weighted by Crippen LogP contribution is 2.23. The number of hydrogen-bond donors (Lipinski definition) is 1. The first-order chi connectivity index (χ1) is 16.1. The van der Waals surface area contributed by atoms with Gasteiger partial charge in [-0.15, -0.1) is 0 Å². The Morgan fingerprint density at radius 2 is 1.59 bits per heavy atom. The summed E-state index contributed by atoms with van der Waals surface area (Å²) in [7, 11) is -0.720. The number of benzene rings is 2. The number of carbonyl (C=O) groups excluding carboxylic acids is 2. The molecule has 186 valence electrons. The fraction of sp³-hybridized carbons (Fsp3) is 0.417. The van der Waals surface area contributed by atoms with Crippen molar-refractivity contribution in [2.75, 3.05) is 37.9 Å². The summed E-state index contributed by atoms with van der Waals surface area (Å²) in [6.45, 7) is 3.82. The first-order valence-electron chi connectivity index (χ1n) is 11.0. The minimum atomic E-state index is -3.78. The number of rotatable bonds is 12. The fourth-order valence-electron chi connectivity index (χ4n) is 3.50. The second-order valence-electron chi connectivity index (χ2n) is 7.60. The maximum atomic E-state index is 13.5. The predicted octanol–water partition coefficient (Wildman–Crippen LogP) is 2.41. The summed E-state index contributed by atoms with van der Waals surface area (Å²) in [5.74, 6) is 0.443. The van der Waals surface area contributed by atoms with Crippen molar-refractivity contribution in [1.82, 2.24) is 10.2 Å². The zero-order chi connectivity index (χ0) is 25.3. The molecule has 0 bridgehead atoms. The first kappa shape index (κ1) is 27.0. The number of nitrogens with one attached hydrogen (secondary N) is 1. The maximum Gasteiger partial charge on any atom is 0.244 e. The number of likely N-dealkylation sites (N-methyl/N-ethyl adjacent to an activating group) is 1. The standard InChI is InChI=1S/C24H33N3O6S/c1-6-22(24(29)25-3)26(16-18-8-12-20(32-4)13-9-18)23(28)17-27(34(5,30)31)19-10-14-21(15-11-19)33-7-2/h8-15,22H,6-7,16-17H2,1-5H3,(H,25,29). The van der Waals surface area contributed by atoms with E-state index in [1.165, 1.54) is 11.9 Å². The van der Waals surface area contributed by atoms with Gasteiger partial charge in [0.2, 0.25) is 21.8 Å². The monoisotopic (exact) mass is 491 g/mol. The van der Waals surface area contributed by atoms with Gasteiger partial charge in [0.1, 0.15) is 24.1 Å². The molecule has 0 aromatic heterocycles. The molecular weight excluding hydrogens is 458 g/mol. The Hall–Kier alpha value is -3.27. The molecule has 34 heavy (non-hydrogen) atoms. The van der Waals surface area contributed by atoms with Gasteiger partial charge in [-0.2, -0.15) is 0 Å². The summed E-state index contributed by atoms with van der Waals surface area (Å²) < 4.78 is 36.8. The highest BCUT2D eigenvalue weighted by Gasteiger charge is 2.31. The molecule has 0 aliphatic heterocycles. The molecule has 2 aromatic carbocycles. The number of carbonyl (C=O) groups is 2. The van der Waals surface area contributed by atoms with Gasteiger partial charge in [-0.25, -0.2) is 8.42 Å². The number of ether oxygens (including phenoxy) is 2. The molecule has 0 spiro atoms. The van der Waals surface area contributed by atoms with Crippen LogP contribution in [0.5, 0.6) is 11.5 Å². The van der Waals surface area contributed by atoms with E-state index in [4.69, 9.17) is 9.47 Å². The lowest BCUT2D eigenvalue weighted by atomic mass is 10.1. The van der Waals surface area contributed by atoms with Gasteiger partial charge in [0.25, 0.3) is 0 Å². The molecule has 1 unspecified atom stereocenters. The third-order valence-corrected chi connectivity index (χ3v) is 6.40. The van der Waals surface area contributed by atoms with Crippen molar-refractivity contribution in [3.63, 3.8) is 0 Å². The van der Waals surface area contributed by atoms with Crippen molar-refractivity contribution >= 4 is 27.5 Å². The van der Waals surface area contributed by atoms with Crippen molar-refractivity contribution in [3.8, 4) is 11.5 Å². The fourth-order valence-corrected chi connectivity index (χ4v) is 4.35. The van der Waals surface area contributed by atoms with Crippen LogP contribution in [0, 0.1) is 0 Å². The molecule has 0 radical (unpaired) electrons. The van der Waals surface area contributed by atoms with Crippen molar-refractivity contribution in [3.05, 3.63) is 54.1 Å². The third-order valence-electron chi connectivity index (χ3n) is 5.26. The van der Waals surface area contributed by atoms with Gasteiger partial charge >= 0.3 is 0 Å². The lowest BCUT2D eigenvalue weighted by Gasteiger charge is -2.32. The lowest BCUT2D eigenvalue weighted by Crippen LogP contribution is -2.51. The van der Waals surface area contributed by atoms with Crippen LogP contribution in [0.1, 0.15) is 25.8 Å². The van der Waals surface area contributed by atoms with Crippen LogP contribution in [0.15, 0.2) is 48.5 Å². The smallest absolute Gasteiger partial charge is 0.244 e. The summed E-state index contributed by atoms with van der Waals surface area (Å²) in [5.41, 5.74) is 1.11. The van der Waals surface area contributed by atoms with E-state index in [9.17, 15) is 18.0 Å². The van der Waals surface area contributed by atoms with Gasteiger partial charge in [-0.05, 0) is 55.3 Å². The molecule has 0 aliphatic carbocycles. The molecule has 0 fully saturated rings. The van der Waals surface area contributed by atoms with E-state index in [0.717, 1.165) is 16.1 Å². The number of methoxy groups -OCH3 is 1. The molecule has 2 amide bonds. The number of amides is 2. The van der Waals surface area contributed by atoms with Crippen LogP contribution in [0.25, 0.3) is 0 Å². The van der Waals surface area contributed by atoms with Crippen molar-refractivity contribution in [2.45, 2.75) is 32.9 Å². The van der Waals surface area contributed by atoms with Gasteiger partial charge in [0.05, 0.1) is 25.7 Å². The molecule has 2 rings (SSSR count). The summed E-state index contributed by atoms with van der Waals surface area (Å²) in [4.78, 5) is 27.5. The molecule has 0 aliphatic rings. The minimum Gasteiger partial charge on any atom is -0.497 e. The zero-order valence-corrected chi connectivity index (χ0v) is 21.1. The van der Waals surface area contributed by atoms with Crippen molar-refractivity contribution < 1.29 is 27.5 Å². The molecule has 10 heteroatoms. The van der Waals surface area contributed by atoms with Crippen LogP contribution in [-0.2, 0) is 26.2 Å². The van der Waals surface area contributed by atoms with Gasteiger partial charge in [0, 0.05) is 13.6 Å². The first-order valence-corrected chi connectivity index (χ1v) is 12.8. The average Bonchev–Trinajstić information content (AvgIpc) is 2.82. The SMILES string of the molecule is CCOc1ccc(N(CC(=O)N(Cc2ccc(OC)cc2)C(CC)C(=O)NC)S(C)(=O)=O)cc1. The summed E-state index contributed by atoms with van der Waals surface area (Å²) in [6, 6.07) is 12.8. The van der Waals surface area contributed by atoms with E-state index in [2.05, 4.69) is 5.32 Å². The summed E-state index contributed by atoms with van der Waals surface area (Å²) >= 11 is 0. The number of nitrogens with zero attached hydrogens (tertiary/aromatic N) is 2. The highest BCUT2D eigenvalue weighted by molar-refractivity contribution is 7.92. The van der Waals surface area contributed by atoms with Crippen LogP contribution >= 0.6 is 0 Å². The van der Waals surface area contributed by atoms with Crippen LogP contribution in [-0.4, -0.2) is 64.7 Å². The summed E-state index contributed by atoms with van der Waals surface area (Å²) in [6.07, 6.45) is 1.41. The van der Waals surface area contributed by atoms with Gasteiger partial charge < -0.3 is 19.7 Å². The molecular formula is C24H33N3O6S. The van der Waals surface area contributed by atoms with E-state index >= 15 is 0 Å². The maximum absolute atomic E-state index is 13.5. The van der Waals surface area contributed by atoms with Crippen molar-refractivity contribution in [1.29, 1.82) is 0 Å². The molecule has 0 heterocycles. The lowest BCUT2D eigenvalue weighted by molar-refractivity contribution is -0.140. The quantitative estimate of drug-likeness (QED) is 0.489. The van der Waals surface area contributed by atoms with Crippen molar-refractivity contribution in [2.24, 2.45) is 0 Å². The summed E-state index contributed by atoms with van der Waals surface area (Å²) in [5, 5.41) is 2.59. The van der Waals surface area contributed by atoms with Crippen LogP contribution in [0.2, 0.25) is 0 Å². The number of hydrogen-bond acceptors (Lipinski definition) is 6. The van der Waals surface area contributed by atoms with E-state index < -0.39 is 28.5 Å². The van der Waals surface area contributed by atoms with E-state index in [1.54, 1.807) is 62.6 Å². The largest absolute Gasteiger partial charge is 0.497 e. The van der Waals surface area contributed by atoms with Gasteiger partial charge in [-0.3, -0.25) is 13.9 Å². The minimum absolute atomic E-state index is 0.135. The van der Waals surface area contributed by atoms with E-state index in [1.807, 2.05) is 6.92 Å². The Bertz CT molecular complexity index is 1060. The zero-order valence-electron chi connectivity index (χ0n) is 20.3. The van der Waals surface area contributed by atoms with Crippen LogP contribution < -0.4 is 19.1 Å². The highest BCUT2D eigenvalue weighted by atomic mass is 32.2. The van der Waals surface area contributed by atoms with E-state index in [-0.39, 0.29) is 12.5 Å². The van der Waals surface area contributed by atoms with E-state index in [0.29, 0.717) is 30.2 Å². The average molecular weight is 492 g/mol. The molecule has 1 atom stereocenters. The third kappa shape index (κ3) is 7.11. The topological polar surface area (TPSA) is 105 Å². The molecule has 1 N–H and O–H groups in total. The Balaban J connectivity index is 2.38. The second kappa shape index (κ2) is 12.3. The Morgan fingerprint density at radius 1 is 1.00 bits per heavy atom. The van der Waals surface area contributed by atoms with Gasteiger partial charge in [0.15, 0.2) is 0 Å². The molecule has 0 saturated heterocycles. The number of anilines is 1.